The number of ether oxygens (including phenoxy) is 2. The van der Waals surface area contributed by atoms with Gasteiger partial charge in [0, 0.05) is 5.39 Å². The van der Waals surface area contributed by atoms with Crippen molar-refractivity contribution in [1.82, 2.24) is 4.98 Å². The Morgan fingerprint density at radius 1 is 1.09 bits per heavy atom. The largest absolute Gasteiger partial charge is 0.454 e. The molecule has 0 bridgehead atoms. The van der Waals surface area contributed by atoms with E-state index in [9.17, 15) is 0 Å². The summed E-state index contributed by atoms with van der Waals surface area (Å²) in [5.41, 5.74) is 8.85. The van der Waals surface area contributed by atoms with Crippen LogP contribution in [0.25, 0.3) is 10.9 Å². The molecule has 2 aromatic carbocycles. The lowest BCUT2D eigenvalue weighted by molar-refractivity contribution is 0.174. The fraction of sp³-hybridized carbons (Fsp3) is 0.118. The number of benzene rings is 2. The fourth-order valence-corrected chi connectivity index (χ4v) is 2.92. The van der Waals surface area contributed by atoms with E-state index >= 15 is 0 Å². The van der Waals surface area contributed by atoms with E-state index < -0.39 is 0 Å². The van der Waals surface area contributed by atoms with Crippen LogP contribution in [0.1, 0.15) is 11.1 Å². The van der Waals surface area contributed by atoms with Crippen LogP contribution in [0.3, 0.4) is 0 Å². The Bertz CT molecular complexity index is 880. The number of anilines is 1. The molecule has 5 heteroatoms. The van der Waals surface area contributed by atoms with Crippen LogP contribution in [-0.2, 0) is 6.42 Å². The SMILES string of the molecule is Nc1nc2ccccc2c(Cc2ccc3c(c2)OCO3)c1Cl. The molecule has 22 heavy (non-hydrogen) atoms. The molecule has 0 radical (unpaired) electrons. The normalized spacial score (nSPS) is 12.8. The zero-order valence-corrected chi connectivity index (χ0v) is 12.4. The number of fused-ring (bicyclic) bond motifs is 2. The van der Waals surface area contributed by atoms with Gasteiger partial charge < -0.3 is 15.2 Å². The first-order chi connectivity index (χ1) is 10.7. The zero-order chi connectivity index (χ0) is 15.1. The predicted octanol–water partition coefficient (Wildman–Crippen LogP) is 3.79. The summed E-state index contributed by atoms with van der Waals surface area (Å²) in [7, 11) is 0. The molecule has 3 aromatic rings. The first-order valence-electron chi connectivity index (χ1n) is 6.93. The molecule has 4 rings (SSSR count). The Labute approximate surface area is 132 Å². The molecular formula is C17H13ClN2O2. The third-order valence-electron chi connectivity index (χ3n) is 3.78. The highest BCUT2D eigenvalue weighted by Gasteiger charge is 2.16. The molecule has 0 fully saturated rings. The van der Waals surface area contributed by atoms with Gasteiger partial charge in [0.2, 0.25) is 6.79 Å². The second kappa shape index (κ2) is 5.07. The van der Waals surface area contributed by atoms with Crippen LogP contribution in [0.2, 0.25) is 5.02 Å². The molecule has 4 nitrogen and oxygen atoms in total. The van der Waals surface area contributed by atoms with Gasteiger partial charge in [0.15, 0.2) is 11.5 Å². The highest BCUT2D eigenvalue weighted by atomic mass is 35.5. The molecule has 110 valence electrons. The van der Waals surface area contributed by atoms with Crippen molar-refractivity contribution in [2.45, 2.75) is 6.42 Å². The average molecular weight is 313 g/mol. The summed E-state index contributed by atoms with van der Waals surface area (Å²) < 4.78 is 10.8. The lowest BCUT2D eigenvalue weighted by atomic mass is 10.0. The van der Waals surface area contributed by atoms with E-state index in [-0.39, 0.29) is 6.79 Å². The molecule has 1 aliphatic rings. The summed E-state index contributed by atoms with van der Waals surface area (Å²) in [5, 5.41) is 1.52. The number of pyridine rings is 1. The summed E-state index contributed by atoms with van der Waals surface area (Å²) >= 11 is 6.40. The first kappa shape index (κ1) is 13.2. The quantitative estimate of drug-likeness (QED) is 0.782. The average Bonchev–Trinajstić information content (AvgIpc) is 2.99. The van der Waals surface area contributed by atoms with Gasteiger partial charge in [-0.25, -0.2) is 4.98 Å². The molecule has 0 atom stereocenters. The summed E-state index contributed by atoms with van der Waals surface area (Å²) in [4.78, 5) is 4.34. The highest BCUT2D eigenvalue weighted by Crippen LogP contribution is 2.35. The molecular weight excluding hydrogens is 300 g/mol. The zero-order valence-electron chi connectivity index (χ0n) is 11.7. The maximum atomic E-state index is 6.40. The van der Waals surface area contributed by atoms with Crippen LogP contribution in [0.15, 0.2) is 42.5 Å². The standard InChI is InChI=1S/C17H13ClN2O2/c18-16-12(11-3-1-2-4-13(11)20-17(16)19)7-10-5-6-14-15(8-10)22-9-21-14/h1-6,8H,7,9H2,(H2,19,20). The number of nitrogens with zero attached hydrogens (tertiary/aromatic N) is 1. The van der Waals surface area contributed by atoms with E-state index in [4.69, 9.17) is 26.8 Å². The van der Waals surface area contributed by atoms with E-state index in [0.717, 1.165) is 33.5 Å². The van der Waals surface area contributed by atoms with Crippen molar-refractivity contribution >= 4 is 28.3 Å². The van der Waals surface area contributed by atoms with Crippen molar-refractivity contribution in [2.75, 3.05) is 12.5 Å². The van der Waals surface area contributed by atoms with E-state index in [0.29, 0.717) is 17.3 Å². The van der Waals surface area contributed by atoms with Crippen molar-refractivity contribution in [2.24, 2.45) is 0 Å². The number of rotatable bonds is 2. The van der Waals surface area contributed by atoms with Crippen molar-refractivity contribution in [3.05, 3.63) is 58.6 Å². The number of halogens is 1. The lowest BCUT2D eigenvalue weighted by Gasteiger charge is -2.11. The van der Waals surface area contributed by atoms with Crippen molar-refractivity contribution in [1.29, 1.82) is 0 Å². The molecule has 2 heterocycles. The second-order valence-corrected chi connectivity index (χ2v) is 5.55. The van der Waals surface area contributed by atoms with Gasteiger partial charge in [-0.2, -0.15) is 0 Å². The number of nitrogen functional groups attached to an aromatic ring is 1. The molecule has 1 aromatic heterocycles. The van der Waals surface area contributed by atoms with Crippen LogP contribution in [0, 0.1) is 0 Å². The minimum absolute atomic E-state index is 0.269. The summed E-state index contributed by atoms with van der Waals surface area (Å²) in [5.74, 6) is 1.89. The van der Waals surface area contributed by atoms with Crippen molar-refractivity contribution in [3.8, 4) is 11.5 Å². The van der Waals surface area contributed by atoms with Gasteiger partial charge in [-0.1, -0.05) is 35.9 Å². The third-order valence-corrected chi connectivity index (χ3v) is 4.20. The van der Waals surface area contributed by atoms with Crippen molar-refractivity contribution < 1.29 is 9.47 Å². The Morgan fingerprint density at radius 2 is 1.91 bits per heavy atom. The molecule has 1 aliphatic heterocycles. The van der Waals surface area contributed by atoms with Crippen LogP contribution >= 0.6 is 11.6 Å². The Morgan fingerprint density at radius 3 is 2.82 bits per heavy atom. The summed E-state index contributed by atoms with van der Waals surface area (Å²) in [6, 6.07) is 13.8. The number of hydrogen-bond acceptors (Lipinski definition) is 4. The van der Waals surface area contributed by atoms with Gasteiger partial charge in [-0.3, -0.25) is 0 Å². The summed E-state index contributed by atoms with van der Waals surface area (Å²) in [6.45, 7) is 0.269. The van der Waals surface area contributed by atoms with Crippen LogP contribution in [-0.4, -0.2) is 11.8 Å². The minimum Gasteiger partial charge on any atom is -0.454 e. The topological polar surface area (TPSA) is 57.4 Å². The molecule has 2 N–H and O–H groups in total. The van der Waals surface area contributed by atoms with Gasteiger partial charge in [0.05, 0.1) is 10.5 Å². The fourth-order valence-electron chi connectivity index (χ4n) is 2.71. The van der Waals surface area contributed by atoms with Crippen LogP contribution < -0.4 is 15.2 Å². The molecule has 0 unspecified atom stereocenters. The third kappa shape index (κ3) is 2.12. The number of hydrogen-bond donors (Lipinski definition) is 1. The van der Waals surface area contributed by atoms with E-state index in [1.54, 1.807) is 0 Å². The first-order valence-corrected chi connectivity index (χ1v) is 7.31. The Hall–Kier alpha value is -2.46. The monoisotopic (exact) mass is 312 g/mol. The van der Waals surface area contributed by atoms with Gasteiger partial charge in [0.1, 0.15) is 5.82 Å². The molecule has 0 amide bonds. The summed E-state index contributed by atoms with van der Waals surface area (Å²) in [6.07, 6.45) is 0.655. The van der Waals surface area contributed by atoms with Gasteiger partial charge in [0.25, 0.3) is 0 Å². The van der Waals surface area contributed by atoms with Gasteiger partial charge in [-0.15, -0.1) is 0 Å². The van der Waals surface area contributed by atoms with Crippen LogP contribution in [0.4, 0.5) is 5.82 Å². The lowest BCUT2D eigenvalue weighted by Crippen LogP contribution is -1.99. The highest BCUT2D eigenvalue weighted by molar-refractivity contribution is 6.34. The molecule has 0 aliphatic carbocycles. The van der Waals surface area contributed by atoms with E-state index in [1.165, 1.54) is 0 Å². The smallest absolute Gasteiger partial charge is 0.231 e. The van der Waals surface area contributed by atoms with Gasteiger partial charge in [-0.05, 0) is 35.7 Å². The molecule has 0 spiro atoms. The molecule has 0 saturated carbocycles. The number of para-hydroxylation sites is 1. The number of aromatic nitrogens is 1. The molecule has 0 saturated heterocycles. The second-order valence-electron chi connectivity index (χ2n) is 5.17. The predicted molar refractivity (Wildman–Crippen MR) is 86.5 cm³/mol. The Kier molecular flexibility index (Phi) is 3.05. The number of nitrogens with two attached hydrogens (primary N) is 1. The van der Waals surface area contributed by atoms with Crippen molar-refractivity contribution in [3.63, 3.8) is 0 Å². The maximum absolute atomic E-state index is 6.40. The van der Waals surface area contributed by atoms with E-state index in [1.807, 2.05) is 42.5 Å². The van der Waals surface area contributed by atoms with Crippen LogP contribution in [0.5, 0.6) is 11.5 Å². The minimum atomic E-state index is 0.269. The van der Waals surface area contributed by atoms with Gasteiger partial charge >= 0.3 is 0 Å². The Balaban J connectivity index is 1.82. The van der Waals surface area contributed by atoms with E-state index in [2.05, 4.69) is 4.98 Å². The maximum Gasteiger partial charge on any atom is 0.231 e.